The summed E-state index contributed by atoms with van der Waals surface area (Å²) in [5.74, 6) is 8.45. The van der Waals surface area contributed by atoms with Crippen molar-refractivity contribution in [3.05, 3.63) is 76.6 Å². The molecule has 0 radical (unpaired) electrons. The van der Waals surface area contributed by atoms with Crippen molar-refractivity contribution in [3.8, 4) is 16.3 Å². The minimum atomic E-state index is 0.613. The second-order valence-electron chi connectivity index (χ2n) is 6.59. The van der Waals surface area contributed by atoms with Crippen LogP contribution in [0, 0.1) is 6.92 Å². The Labute approximate surface area is 177 Å². The van der Waals surface area contributed by atoms with E-state index in [0.717, 1.165) is 33.4 Å². The number of aromatic nitrogens is 4. The summed E-state index contributed by atoms with van der Waals surface area (Å²) < 4.78 is 6.75. The molecule has 0 bridgehead atoms. The highest BCUT2D eigenvalue weighted by Crippen LogP contribution is 2.27. The van der Waals surface area contributed by atoms with E-state index in [-0.39, 0.29) is 0 Å². The van der Waals surface area contributed by atoms with Gasteiger partial charge in [0.25, 0.3) is 0 Å². The molecule has 29 heavy (non-hydrogen) atoms. The molecule has 0 spiro atoms. The van der Waals surface area contributed by atoms with Crippen molar-refractivity contribution in [1.29, 1.82) is 0 Å². The average Bonchev–Trinajstić information content (AvgIpc) is 3.35. The first kappa shape index (κ1) is 19.5. The molecule has 0 saturated carbocycles. The quantitative estimate of drug-likeness (QED) is 0.352. The van der Waals surface area contributed by atoms with Crippen LogP contribution in [-0.4, -0.2) is 27.0 Å². The van der Waals surface area contributed by atoms with Crippen LogP contribution in [0.3, 0.4) is 0 Å². The first-order valence-corrected chi connectivity index (χ1v) is 11.0. The SMILES string of the molecule is COc1ccc(Cc2nnc(SCc3csc(-c4ccc(C)cc4)n3)n2N)cc1. The molecule has 4 rings (SSSR count). The van der Waals surface area contributed by atoms with Gasteiger partial charge in [0.1, 0.15) is 10.8 Å². The maximum atomic E-state index is 6.21. The molecule has 0 aliphatic rings. The van der Waals surface area contributed by atoms with E-state index in [4.69, 9.17) is 15.6 Å². The summed E-state index contributed by atoms with van der Waals surface area (Å²) in [6, 6.07) is 16.3. The van der Waals surface area contributed by atoms with Crippen molar-refractivity contribution in [2.75, 3.05) is 13.0 Å². The third-order valence-electron chi connectivity index (χ3n) is 4.46. The van der Waals surface area contributed by atoms with Gasteiger partial charge >= 0.3 is 0 Å². The summed E-state index contributed by atoms with van der Waals surface area (Å²) in [4.78, 5) is 4.73. The van der Waals surface area contributed by atoms with Gasteiger partial charge in [-0.1, -0.05) is 53.7 Å². The molecule has 0 amide bonds. The van der Waals surface area contributed by atoms with Crippen LogP contribution in [-0.2, 0) is 12.2 Å². The Morgan fingerprint density at radius 2 is 1.83 bits per heavy atom. The Kier molecular flexibility index (Phi) is 5.82. The van der Waals surface area contributed by atoms with E-state index in [1.807, 2.05) is 24.3 Å². The number of methoxy groups -OCH3 is 1. The van der Waals surface area contributed by atoms with Gasteiger partial charge < -0.3 is 10.6 Å². The molecule has 2 heterocycles. The van der Waals surface area contributed by atoms with Crippen LogP contribution in [0.25, 0.3) is 10.6 Å². The molecule has 4 aromatic rings. The molecule has 0 saturated heterocycles. The summed E-state index contributed by atoms with van der Waals surface area (Å²) in [5, 5.41) is 12.3. The lowest BCUT2D eigenvalue weighted by Gasteiger charge is -2.04. The van der Waals surface area contributed by atoms with Gasteiger partial charge in [-0.05, 0) is 24.6 Å². The molecular formula is C21H21N5OS2. The molecule has 0 unspecified atom stereocenters. The number of rotatable bonds is 7. The number of nitrogen functional groups attached to an aromatic ring is 1. The molecule has 0 aliphatic heterocycles. The number of hydrogen-bond acceptors (Lipinski definition) is 7. The maximum Gasteiger partial charge on any atom is 0.210 e. The maximum absolute atomic E-state index is 6.21. The highest BCUT2D eigenvalue weighted by atomic mass is 32.2. The molecule has 148 valence electrons. The van der Waals surface area contributed by atoms with Gasteiger partial charge in [0.05, 0.1) is 12.8 Å². The minimum Gasteiger partial charge on any atom is -0.497 e. The lowest BCUT2D eigenvalue weighted by Crippen LogP contribution is -2.14. The highest BCUT2D eigenvalue weighted by molar-refractivity contribution is 7.98. The van der Waals surface area contributed by atoms with E-state index in [2.05, 4.69) is 46.8 Å². The third-order valence-corrected chi connectivity index (χ3v) is 6.37. The predicted molar refractivity (Wildman–Crippen MR) is 118 cm³/mol. The van der Waals surface area contributed by atoms with Gasteiger partial charge in [-0.3, -0.25) is 0 Å². The van der Waals surface area contributed by atoms with E-state index in [1.54, 1.807) is 23.1 Å². The molecule has 0 aliphatic carbocycles. The summed E-state index contributed by atoms with van der Waals surface area (Å²) in [6.45, 7) is 2.08. The van der Waals surface area contributed by atoms with Crippen LogP contribution in [0.1, 0.15) is 22.6 Å². The number of benzene rings is 2. The summed E-state index contributed by atoms with van der Waals surface area (Å²) >= 11 is 3.19. The lowest BCUT2D eigenvalue weighted by atomic mass is 10.1. The lowest BCUT2D eigenvalue weighted by molar-refractivity contribution is 0.414. The van der Waals surface area contributed by atoms with E-state index in [9.17, 15) is 0 Å². The summed E-state index contributed by atoms with van der Waals surface area (Å²) in [6.07, 6.45) is 0.613. The van der Waals surface area contributed by atoms with Gasteiger partial charge in [0.2, 0.25) is 5.16 Å². The summed E-state index contributed by atoms with van der Waals surface area (Å²) in [5.41, 5.74) is 4.49. The zero-order valence-corrected chi connectivity index (χ0v) is 17.8. The second-order valence-corrected chi connectivity index (χ2v) is 8.39. The van der Waals surface area contributed by atoms with E-state index >= 15 is 0 Å². The number of hydrogen-bond donors (Lipinski definition) is 1. The second kappa shape index (κ2) is 8.67. The molecule has 2 aromatic heterocycles. The number of thioether (sulfide) groups is 1. The zero-order chi connectivity index (χ0) is 20.2. The number of nitrogens with zero attached hydrogens (tertiary/aromatic N) is 4. The van der Waals surface area contributed by atoms with Gasteiger partial charge in [0, 0.05) is 23.1 Å². The number of nitrogens with two attached hydrogens (primary N) is 1. The molecule has 2 aromatic carbocycles. The van der Waals surface area contributed by atoms with Crippen LogP contribution in [0.4, 0.5) is 0 Å². The van der Waals surface area contributed by atoms with E-state index in [1.165, 1.54) is 17.3 Å². The Hall–Kier alpha value is -2.84. The van der Waals surface area contributed by atoms with Crippen LogP contribution in [0.15, 0.2) is 59.1 Å². The standard InChI is InChI=1S/C21H21N5OS2/c1-14-3-7-16(8-4-14)20-23-17(12-28-20)13-29-21-25-24-19(26(21)22)11-15-5-9-18(27-2)10-6-15/h3-10,12H,11,13,22H2,1-2H3. The fourth-order valence-corrected chi connectivity index (χ4v) is 4.49. The fraction of sp³-hybridized carbons (Fsp3) is 0.190. The largest absolute Gasteiger partial charge is 0.497 e. The number of aryl methyl sites for hydroxylation is 1. The van der Waals surface area contributed by atoms with Crippen LogP contribution in [0.5, 0.6) is 5.75 Å². The van der Waals surface area contributed by atoms with Crippen LogP contribution < -0.4 is 10.6 Å². The molecule has 0 atom stereocenters. The average molecular weight is 424 g/mol. The van der Waals surface area contributed by atoms with Crippen molar-refractivity contribution in [2.45, 2.75) is 24.3 Å². The first-order chi connectivity index (χ1) is 14.1. The molecule has 6 nitrogen and oxygen atoms in total. The molecule has 0 fully saturated rings. The Morgan fingerprint density at radius 3 is 2.55 bits per heavy atom. The van der Waals surface area contributed by atoms with Gasteiger partial charge in [0.15, 0.2) is 5.82 Å². The predicted octanol–water partition coefficient (Wildman–Crippen LogP) is 4.32. The topological polar surface area (TPSA) is 78.9 Å². The first-order valence-electron chi connectivity index (χ1n) is 9.09. The molecular weight excluding hydrogens is 402 g/mol. The number of thiazole rings is 1. The van der Waals surface area contributed by atoms with Crippen molar-refractivity contribution >= 4 is 23.1 Å². The van der Waals surface area contributed by atoms with E-state index in [0.29, 0.717) is 17.3 Å². The third kappa shape index (κ3) is 4.60. The monoisotopic (exact) mass is 423 g/mol. The van der Waals surface area contributed by atoms with Gasteiger partial charge in [-0.15, -0.1) is 21.5 Å². The van der Waals surface area contributed by atoms with Crippen molar-refractivity contribution in [1.82, 2.24) is 19.9 Å². The fourth-order valence-electron chi connectivity index (χ4n) is 2.79. The highest BCUT2D eigenvalue weighted by Gasteiger charge is 2.12. The minimum absolute atomic E-state index is 0.613. The Balaban J connectivity index is 1.39. The molecule has 2 N–H and O–H groups in total. The zero-order valence-electron chi connectivity index (χ0n) is 16.2. The Morgan fingerprint density at radius 1 is 1.07 bits per heavy atom. The van der Waals surface area contributed by atoms with E-state index < -0.39 is 0 Å². The van der Waals surface area contributed by atoms with Crippen molar-refractivity contribution < 1.29 is 4.74 Å². The number of ether oxygens (including phenoxy) is 1. The smallest absolute Gasteiger partial charge is 0.210 e. The summed E-state index contributed by atoms with van der Waals surface area (Å²) in [7, 11) is 1.65. The van der Waals surface area contributed by atoms with Crippen LogP contribution >= 0.6 is 23.1 Å². The van der Waals surface area contributed by atoms with Crippen molar-refractivity contribution in [3.63, 3.8) is 0 Å². The normalized spacial score (nSPS) is 11.0. The Bertz CT molecular complexity index is 1090. The van der Waals surface area contributed by atoms with Gasteiger partial charge in [-0.2, -0.15) is 0 Å². The van der Waals surface area contributed by atoms with Crippen molar-refractivity contribution in [2.24, 2.45) is 0 Å². The van der Waals surface area contributed by atoms with Gasteiger partial charge in [-0.25, -0.2) is 9.66 Å². The molecule has 8 heteroatoms. The van der Waals surface area contributed by atoms with Crippen LogP contribution in [0.2, 0.25) is 0 Å².